The molecule has 1 unspecified atom stereocenters. The number of rotatable bonds is 2. The third-order valence-corrected chi connectivity index (χ3v) is 2.39. The van der Waals surface area contributed by atoms with E-state index in [-0.39, 0.29) is 0 Å². The van der Waals surface area contributed by atoms with Gasteiger partial charge in [0, 0.05) is 11.6 Å². The van der Waals surface area contributed by atoms with Gasteiger partial charge in [0.15, 0.2) is 0 Å². The number of aliphatic carboxylic acids is 1. The van der Waals surface area contributed by atoms with E-state index in [1.54, 1.807) is 12.1 Å². The van der Waals surface area contributed by atoms with Crippen molar-refractivity contribution in [3.05, 3.63) is 36.0 Å². The zero-order valence-corrected chi connectivity index (χ0v) is 8.14. The van der Waals surface area contributed by atoms with Crippen molar-refractivity contribution in [2.45, 2.75) is 13.2 Å². The molecule has 4 heteroatoms. The number of fused-ring (bicyclic) bond motifs is 1. The molecule has 1 N–H and O–H groups in total. The number of carbonyl (C=O) groups is 1. The van der Waals surface area contributed by atoms with E-state index in [4.69, 9.17) is 5.11 Å². The van der Waals surface area contributed by atoms with Gasteiger partial charge >= 0.3 is 5.97 Å². The van der Waals surface area contributed by atoms with E-state index in [9.17, 15) is 9.18 Å². The first-order chi connectivity index (χ1) is 7.11. The normalized spacial score (nSPS) is 12.9. The van der Waals surface area contributed by atoms with Crippen molar-refractivity contribution in [2.75, 3.05) is 0 Å². The van der Waals surface area contributed by atoms with Gasteiger partial charge in [0.25, 0.3) is 6.30 Å². The molecule has 0 amide bonds. The number of halogens is 1. The van der Waals surface area contributed by atoms with Gasteiger partial charge < -0.3 is 9.67 Å². The predicted molar refractivity (Wildman–Crippen MR) is 54.5 cm³/mol. The first-order valence-corrected chi connectivity index (χ1v) is 4.54. The van der Waals surface area contributed by atoms with E-state index >= 15 is 0 Å². The van der Waals surface area contributed by atoms with Crippen LogP contribution >= 0.6 is 0 Å². The Morgan fingerprint density at radius 3 is 2.80 bits per heavy atom. The predicted octanol–water partition coefficient (Wildman–Crippen LogP) is 2.50. The molecule has 1 aromatic carbocycles. The van der Waals surface area contributed by atoms with Gasteiger partial charge in [0.05, 0.1) is 5.52 Å². The summed E-state index contributed by atoms with van der Waals surface area (Å²) in [5, 5.41) is 9.48. The number of aryl methyl sites for hydroxylation is 1. The van der Waals surface area contributed by atoms with Crippen LogP contribution in [0.3, 0.4) is 0 Å². The van der Waals surface area contributed by atoms with Crippen molar-refractivity contribution in [1.82, 2.24) is 4.57 Å². The molecule has 0 aliphatic heterocycles. The average Bonchev–Trinajstić information content (AvgIpc) is 2.56. The first kappa shape index (κ1) is 9.71. The van der Waals surface area contributed by atoms with Crippen LogP contribution in [0.2, 0.25) is 0 Å². The van der Waals surface area contributed by atoms with Crippen LogP contribution < -0.4 is 0 Å². The number of para-hydroxylation sites is 1. The van der Waals surface area contributed by atoms with E-state index in [0.29, 0.717) is 5.52 Å². The number of carboxylic acid groups (broad SMARTS) is 1. The summed E-state index contributed by atoms with van der Waals surface area (Å²) in [6.07, 6.45) is -0.507. The molecule has 1 atom stereocenters. The van der Waals surface area contributed by atoms with E-state index < -0.39 is 12.3 Å². The molecule has 78 valence electrons. The minimum Gasteiger partial charge on any atom is -0.478 e. The number of hydrogen-bond donors (Lipinski definition) is 1. The van der Waals surface area contributed by atoms with Crippen molar-refractivity contribution in [3.63, 3.8) is 0 Å². The summed E-state index contributed by atoms with van der Waals surface area (Å²) in [4.78, 5) is 10.6. The van der Waals surface area contributed by atoms with Crippen LogP contribution in [0.25, 0.3) is 10.9 Å². The molecule has 1 aromatic heterocycles. The number of alkyl halides is 1. The van der Waals surface area contributed by atoms with Crippen LogP contribution in [0.15, 0.2) is 30.5 Å². The van der Waals surface area contributed by atoms with Crippen LogP contribution in [-0.2, 0) is 4.79 Å². The zero-order chi connectivity index (χ0) is 11.0. The van der Waals surface area contributed by atoms with E-state index in [0.717, 1.165) is 15.5 Å². The van der Waals surface area contributed by atoms with Gasteiger partial charge in [-0.15, -0.1) is 0 Å². The molecule has 0 aliphatic carbocycles. The summed E-state index contributed by atoms with van der Waals surface area (Å²) < 4.78 is 14.5. The molecule has 1 heterocycles. The lowest BCUT2D eigenvalue weighted by atomic mass is 10.2. The van der Waals surface area contributed by atoms with Crippen LogP contribution in [-0.4, -0.2) is 15.6 Å². The molecule has 0 spiro atoms. The molecule has 0 saturated heterocycles. The summed E-state index contributed by atoms with van der Waals surface area (Å²) >= 11 is 0. The van der Waals surface area contributed by atoms with E-state index in [1.807, 2.05) is 19.1 Å². The standard InChI is InChI=1S/C11H10FNO2/c1-7-6-13(10(12)11(14)15)9-5-3-2-4-8(7)9/h2-6,10H,1H3,(H,14,15). The largest absolute Gasteiger partial charge is 0.478 e. The molecule has 0 radical (unpaired) electrons. The molecule has 3 nitrogen and oxygen atoms in total. The fraction of sp³-hybridized carbons (Fsp3) is 0.182. The molecule has 0 aliphatic rings. The lowest BCUT2D eigenvalue weighted by Crippen LogP contribution is -2.12. The molecule has 0 fully saturated rings. The number of hydrogen-bond acceptors (Lipinski definition) is 1. The summed E-state index contributed by atoms with van der Waals surface area (Å²) in [5.74, 6) is -1.48. The number of aromatic nitrogens is 1. The van der Waals surface area contributed by atoms with Gasteiger partial charge in [0.2, 0.25) is 0 Å². The quantitative estimate of drug-likeness (QED) is 0.822. The van der Waals surface area contributed by atoms with Crippen LogP contribution in [0.4, 0.5) is 4.39 Å². The van der Waals surface area contributed by atoms with Crippen LogP contribution in [0.5, 0.6) is 0 Å². The highest BCUT2D eigenvalue weighted by molar-refractivity contribution is 5.85. The highest BCUT2D eigenvalue weighted by atomic mass is 19.1. The van der Waals surface area contributed by atoms with Crippen molar-refractivity contribution >= 4 is 16.9 Å². The monoisotopic (exact) mass is 207 g/mol. The SMILES string of the molecule is Cc1cn(C(F)C(=O)O)c2ccccc12. The van der Waals surface area contributed by atoms with Crippen molar-refractivity contribution < 1.29 is 14.3 Å². The summed E-state index contributed by atoms with van der Waals surface area (Å²) in [6, 6.07) is 7.15. The highest BCUT2D eigenvalue weighted by Gasteiger charge is 2.20. The van der Waals surface area contributed by atoms with Crippen LogP contribution in [0.1, 0.15) is 11.9 Å². The maximum atomic E-state index is 13.4. The Morgan fingerprint density at radius 2 is 2.13 bits per heavy atom. The molecular formula is C11H10FNO2. The fourth-order valence-corrected chi connectivity index (χ4v) is 1.69. The Balaban J connectivity index is 2.67. The second kappa shape index (κ2) is 3.38. The molecule has 2 rings (SSSR count). The smallest absolute Gasteiger partial charge is 0.359 e. The Labute approximate surface area is 85.7 Å². The minimum absolute atomic E-state index is 0.602. The Hall–Kier alpha value is -1.84. The number of nitrogens with zero attached hydrogens (tertiary/aromatic N) is 1. The number of carboxylic acids is 1. The van der Waals surface area contributed by atoms with E-state index in [1.165, 1.54) is 6.20 Å². The van der Waals surface area contributed by atoms with Gasteiger partial charge in [-0.2, -0.15) is 0 Å². The first-order valence-electron chi connectivity index (χ1n) is 4.54. The summed E-state index contributed by atoms with van der Waals surface area (Å²) in [7, 11) is 0. The van der Waals surface area contributed by atoms with Gasteiger partial charge in [-0.1, -0.05) is 18.2 Å². The molecule has 0 bridgehead atoms. The van der Waals surface area contributed by atoms with Crippen molar-refractivity contribution in [1.29, 1.82) is 0 Å². The Bertz CT molecular complexity index is 518. The molecule has 0 saturated carbocycles. The second-order valence-electron chi connectivity index (χ2n) is 3.41. The Kier molecular flexibility index (Phi) is 2.19. The van der Waals surface area contributed by atoms with Gasteiger partial charge in [-0.05, 0) is 18.6 Å². The Morgan fingerprint density at radius 1 is 1.47 bits per heavy atom. The average molecular weight is 207 g/mol. The third-order valence-electron chi connectivity index (χ3n) is 2.39. The topological polar surface area (TPSA) is 42.2 Å². The molecular weight excluding hydrogens is 197 g/mol. The van der Waals surface area contributed by atoms with Gasteiger partial charge in [-0.3, -0.25) is 0 Å². The summed E-state index contributed by atoms with van der Waals surface area (Å²) in [6.45, 7) is 1.83. The summed E-state index contributed by atoms with van der Waals surface area (Å²) in [5.41, 5.74) is 1.47. The van der Waals surface area contributed by atoms with Crippen LogP contribution in [0, 0.1) is 6.92 Å². The lowest BCUT2D eigenvalue weighted by Gasteiger charge is -2.06. The molecule has 2 aromatic rings. The van der Waals surface area contributed by atoms with E-state index in [2.05, 4.69) is 0 Å². The maximum absolute atomic E-state index is 13.4. The second-order valence-corrected chi connectivity index (χ2v) is 3.41. The number of benzene rings is 1. The maximum Gasteiger partial charge on any atom is 0.359 e. The minimum atomic E-state index is -2.02. The van der Waals surface area contributed by atoms with Gasteiger partial charge in [-0.25, -0.2) is 9.18 Å². The third kappa shape index (κ3) is 1.48. The lowest BCUT2D eigenvalue weighted by molar-refractivity contribution is -0.146. The zero-order valence-electron chi connectivity index (χ0n) is 8.14. The van der Waals surface area contributed by atoms with Crippen molar-refractivity contribution in [3.8, 4) is 0 Å². The van der Waals surface area contributed by atoms with Gasteiger partial charge in [0.1, 0.15) is 0 Å². The molecule has 15 heavy (non-hydrogen) atoms. The fourth-order valence-electron chi connectivity index (χ4n) is 1.69. The highest BCUT2D eigenvalue weighted by Crippen LogP contribution is 2.24. The van der Waals surface area contributed by atoms with Crippen molar-refractivity contribution in [2.24, 2.45) is 0 Å².